The number of aromatic nitrogens is 1. The summed E-state index contributed by atoms with van der Waals surface area (Å²) in [4.78, 5) is 3.90. The molecule has 0 unspecified atom stereocenters. The lowest BCUT2D eigenvalue weighted by molar-refractivity contribution is 0.540. The SMILES string of the molecule is NP(N)(=S)Oc1cccc(OP(N)(N)=S)n1. The Morgan fingerprint density at radius 1 is 0.938 bits per heavy atom. The first-order valence-corrected chi connectivity index (χ1v) is 9.58. The van der Waals surface area contributed by atoms with Crippen molar-refractivity contribution in [2.75, 3.05) is 0 Å². The van der Waals surface area contributed by atoms with Gasteiger partial charge in [-0.05, 0) is 23.6 Å². The lowest BCUT2D eigenvalue weighted by atomic mass is 10.5. The second-order valence-electron chi connectivity index (χ2n) is 2.79. The summed E-state index contributed by atoms with van der Waals surface area (Å²) in [6, 6.07) is 4.67. The normalized spacial score (nSPS) is 12.2. The predicted octanol–water partition coefficient (Wildman–Crippen LogP) is 0.123. The number of hydrogen-bond acceptors (Lipinski definition) is 5. The zero-order chi connectivity index (χ0) is 12.4. The van der Waals surface area contributed by atoms with Gasteiger partial charge < -0.3 is 9.05 Å². The van der Waals surface area contributed by atoms with Gasteiger partial charge >= 0.3 is 0 Å². The lowest BCUT2D eigenvalue weighted by Gasteiger charge is -2.14. The average Bonchev–Trinajstić information content (AvgIpc) is 1.96. The third-order valence-electron chi connectivity index (χ3n) is 1.17. The van der Waals surface area contributed by atoms with Crippen LogP contribution in [0.1, 0.15) is 0 Å². The van der Waals surface area contributed by atoms with Crippen LogP contribution in [0.25, 0.3) is 0 Å². The number of rotatable bonds is 4. The molecule has 11 heteroatoms. The van der Waals surface area contributed by atoms with Crippen molar-refractivity contribution in [1.82, 2.24) is 4.98 Å². The largest absolute Gasteiger partial charge is 0.423 e. The minimum absolute atomic E-state index is 0.147. The van der Waals surface area contributed by atoms with Gasteiger partial charge in [0.25, 0.3) is 0 Å². The molecule has 0 saturated carbocycles. The summed E-state index contributed by atoms with van der Waals surface area (Å²) in [6.07, 6.45) is 0. The molecule has 0 aliphatic heterocycles. The van der Waals surface area contributed by atoms with Crippen molar-refractivity contribution in [3.8, 4) is 11.8 Å². The van der Waals surface area contributed by atoms with Crippen molar-refractivity contribution in [1.29, 1.82) is 0 Å². The van der Waals surface area contributed by atoms with Crippen molar-refractivity contribution in [2.24, 2.45) is 22.0 Å². The first-order valence-electron chi connectivity index (χ1n) is 3.86. The average molecular weight is 299 g/mol. The van der Waals surface area contributed by atoms with Crippen LogP contribution in [0.2, 0.25) is 0 Å². The molecule has 1 rings (SSSR count). The molecule has 90 valence electrons. The maximum atomic E-state index is 5.38. The van der Waals surface area contributed by atoms with Gasteiger partial charge in [0.1, 0.15) is 0 Å². The molecule has 1 aromatic heterocycles. The van der Waals surface area contributed by atoms with Gasteiger partial charge in [0.15, 0.2) is 0 Å². The fourth-order valence-corrected chi connectivity index (χ4v) is 2.04. The molecule has 0 spiro atoms. The topological polar surface area (TPSA) is 135 Å². The monoisotopic (exact) mass is 299 g/mol. The molecule has 16 heavy (non-hydrogen) atoms. The van der Waals surface area contributed by atoms with Crippen molar-refractivity contribution in [3.63, 3.8) is 0 Å². The van der Waals surface area contributed by atoms with Crippen LogP contribution in [0.15, 0.2) is 18.2 Å². The fraction of sp³-hybridized carbons (Fsp3) is 0. The summed E-state index contributed by atoms with van der Waals surface area (Å²) in [5.41, 5.74) is 21.5. The maximum Gasteiger partial charge on any atom is 0.244 e. The number of nitrogens with zero attached hydrogens (tertiary/aromatic N) is 1. The van der Waals surface area contributed by atoms with Crippen LogP contribution in [0, 0.1) is 0 Å². The molecule has 0 aromatic carbocycles. The third kappa shape index (κ3) is 5.83. The van der Waals surface area contributed by atoms with E-state index in [0.717, 1.165) is 0 Å². The molecule has 8 N–H and O–H groups in total. The van der Waals surface area contributed by atoms with E-state index < -0.39 is 13.1 Å². The second kappa shape index (κ2) is 5.03. The molecule has 1 aromatic rings. The van der Waals surface area contributed by atoms with Crippen LogP contribution in [0.4, 0.5) is 0 Å². The second-order valence-corrected chi connectivity index (χ2v) is 9.16. The zero-order valence-corrected chi connectivity index (χ0v) is 11.4. The van der Waals surface area contributed by atoms with E-state index in [1.807, 2.05) is 0 Å². The minimum Gasteiger partial charge on any atom is -0.423 e. The Morgan fingerprint density at radius 2 is 1.31 bits per heavy atom. The Hall–Kier alpha value is -0.110. The molecule has 0 aliphatic carbocycles. The van der Waals surface area contributed by atoms with Gasteiger partial charge in [0.2, 0.25) is 24.9 Å². The van der Waals surface area contributed by atoms with Crippen LogP contribution in [0.3, 0.4) is 0 Å². The number of hydrogen-bond donors (Lipinski definition) is 4. The third-order valence-corrected chi connectivity index (χ3v) is 2.56. The van der Waals surface area contributed by atoms with Crippen LogP contribution >= 0.6 is 13.1 Å². The Kier molecular flexibility index (Phi) is 4.39. The Labute approximate surface area is 103 Å². The molecule has 0 saturated heterocycles. The zero-order valence-electron chi connectivity index (χ0n) is 8.02. The molecule has 0 aliphatic rings. The van der Waals surface area contributed by atoms with Gasteiger partial charge in [-0.15, -0.1) is 0 Å². The van der Waals surface area contributed by atoms with Gasteiger partial charge in [-0.25, -0.2) is 0 Å². The molecule has 1 heterocycles. The molecule has 0 atom stereocenters. The van der Waals surface area contributed by atoms with Crippen LogP contribution in [-0.4, -0.2) is 4.98 Å². The highest BCUT2D eigenvalue weighted by Crippen LogP contribution is 2.33. The lowest BCUT2D eigenvalue weighted by Crippen LogP contribution is -2.12. The number of pyridine rings is 1. The molecule has 7 nitrogen and oxygen atoms in total. The highest BCUT2D eigenvalue weighted by Gasteiger charge is 2.10. The molecule has 0 fully saturated rings. The van der Waals surface area contributed by atoms with E-state index in [4.69, 9.17) is 54.7 Å². The summed E-state index contributed by atoms with van der Waals surface area (Å²) in [6.45, 7) is -5.65. The highest BCUT2D eigenvalue weighted by molar-refractivity contribution is 8.10. The Bertz CT molecular complexity index is 432. The maximum absolute atomic E-state index is 5.38. The van der Waals surface area contributed by atoms with Crippen molar-refractivity contribution in [2.45, 2.75) is 0 Å². The number of nitrogens with two attached hydrogens (primary N) is 4. The van der Waals surface area contributed by atoms with Gasteiger partial charge in [0.05, 0.1) is 0 Å². The van der Waals surface area contributed by atoms with Crippen molar-refractivity contribution >= 4 is 36.7 Å². The summed E-state index contributed by atoms with van der Waals surface area (Å²) in [7, 11) is 0. The van der Waals surface area contributed by atoms with E-state index in [-0.39, 0.29) is 11.8 Å². The van der Waals surface area contributed by atoms with Gasteiger partial charge in [-0.1, -0.05) is 6.07 Å². The Morgan fingerprint density at radius 3 is 1.62 bits per heavy atom. The first-order chi connectivity index (χ1) is 7.16. The molecule has 0 radical (unpaired) electrons. The van der Waals surface area contributed by atoms with Gasteiger partial charge in [0, 0.05) is 12.1 Å². The standard InChI is InChI=1S/C5H11N5O2P2S2/c6-13(7,15)11-4-2-1-3-5(10-4)12-14(8,9)16/h1-3H,(H4,6,7,15)(H4,8,9,16). The van der Waals surface area contributed by atoms with Gasteiger partial charge in [-0.3, -0.25) is 22.0 Å². The van der Waals surface area contributed by atoms with Gasteiger partial charge in [-0.2, -0.15) is 4.98 Å². The van der Waals surface area contributed by atoms with E-state index in [0.29, 0.717) is 0 Å². The van der Waals surface area contributed by atoms with E-state index >= 15 is 0 Å². The molecular weight excluding hydrogens is 288 g/mol. The first kappa shape index (κ1) is 14.0. The smallest absolute Gasteiger partial charge is 0.244 e. The van der Waals surface area contributed by atoms with Crippen LogP contribution in [0.5, 0.6) is 11.8 Å². The van der Waals surface area contributed by atoms with E-state index in [1.165, 1.54) is 12.1 Å². The van der Waals surface area contributed by atoms with E-state index in [9.17, 15) is 0 Å². The van der Waals surface area contributed by atoms with E-state index in [2.05, 4.69) is 4.98 Å². The summed E-state index contributed by atoms with van der Waals surface area (Å²) < 4.78 is 10.1. The molecular formula is C5H11N5O2P2S2. The fourth-order valence-electron chi connectivity index (χ4n) is 0.790. The highest BCUT2D eigenvalue weighted by atomic mass is 32.5. The summed E-state index contributed by atoms with van der Waals surface area (Å²) >= 11 is 9.44. The van der Waals surface area contributed by atoms with Crippen molar-refractivity contribution < 1.29 is 9.05 Å². The Balaban J connectivity index is 2.88. The molecule has 0 bridgehead atoms. The quantitative estimate of drug-likeness (QED) is 0.571. The molecule has 0 amide bonds. The van der Waals surface area contributed by atoms with E-state index in [1.54, 1.807) is 6.07 Å². The van der Waals surface area contributed by atoms with Crippen LogP contribution < -0.4 is 31.1 Å². The van der Waals surface area contributed by atoms with Crippen LogP contribution in [-0.2, 0) is 23.6 Å². The summed E-state index contributed by atoms with van der Waals surface area (Å²) in [5.74, 6) is 0.295. The van der Waals surface area contributed by atoms with Crippen molar-refractivity contribution in [3.05, 3.63) is 18.2 Å². The predicted molar refractivity (Wildman–Crippen MR) is 70.8 cm³/mol. The summed E-state index contributed by atoms with van der Waals surface area (Å²) in [5, 5.41) is 0. The minimum atomic E-state index is -2.82.